The van der Waals surface area contributed by atoms with Gasteiger partial charge in [0.05, 0.1) is 0 Å². The molecule has 62 valence electrons. The van der Waals surface area contributed by atoms with E-state index in [0.29, 0.717) is 0 Å². The Labute approximate surface area is 71.2 Å². The zero-order chi connectivity index (χ0) is 8.55. The second-order valence-corrected chi connectivity index (χ2v) is 3.00. The SMILES string of the molecule is CC(=O)O[C@H]1Cc2ccccc21. The molecule has 0 bridgehead atoms. The zero-order valence-corrected chi connectivity index (χ0v) is 6.91. The number of ether oxygens (including phenoxy) is 1. The van der Waals surface area contributed by atoms with Gasteiger partial charge in [0, 0.05) is 13.3 Å². The van der Waals surface area contributed by atoms with Gasteiger partial charge in [0.25, 0.3) is 0 Å². The summed E-state index contributed by atoms with van der Waals surface area (Å²) in [4.78, 5) is 10.6. The molecule has 2 heteroatoms. The van der Waals surface area contributed by atoms with E-state index in [1.54, 1.807) is 0 Å². The molecule has 0 unspecified atom stereocenters. The molecule has 1 aliphatic carbocycles. The maximum Gasteiger partial charge on any atom is 0.303 e. The summed E-state index contributed by atoms with van der Waals surface area (Å²) in [5, 5.41) is 0. The highest BCUT2D eigenvalue weighted by molar-refractivity contribution is 5.67. The third-order valence-corrected chi connectivity index (χ3v) is 2.12. The lowest BCUT2D eigenvalue weighted by Gasteiger charge is -2.28. The van der Waals surface area contributed by atoms with Crippen LogP contribution in [0.2, 0.25) is 0 Å². The zero-order valence-electron chi connectivity index (χ0n) is 6.91. The normalized spacial score (nSPS) is 19.2. The Balaban J connectivity index is 2.15. The number of rotatable bonds is 1. The maximum atomic E-state index is 10.6. The fraction of sp³-hybridized carbons (Fsp3) is 0.300. The summed E-state index contributed by atoms with van der Waals surface area (Å²) in [7, 11) is 0. The number of carbonyl (C=O) groups excluding carboxylic acids is 1. The molecule has 0 spiro atoms. The van der Waals surface area contributed by atoms with E-state index >= 15 is 0 Å². The second-order valence-electron chi connectivity index (χ2n) is 3.00. The molecule has 0 N–H and O–H groups in total. The van der Waals surface area contributed by atoms with Crippen LogP contribution in [0.4, 0.5) is 0 Å². The molecular formula is C10H10O2. The Morgan fingerprint density at radius 1 is 1.50 bits per heavy atom. The molecule has 2 nitrogen and oxygen atoms in total. The standard InChI is InChI=1S/C10H10O2/c1-7(11)12-10-6-8-4-2-3-5-9(8)10/h2-5,10H,6H2,1H3/t10-/m0/s1. The highest BCUT2D eigenvalue weighted by Crippen LogP contribution is 2.35. The first-order valence-corrected chi connectivity index (χ1v) is 4.02. The number of esters is 1. The smallest absolute Gasteiger partial charge is 0.303 e. The van der Waals surface area contributed by atoms with Gasteiger partial charge < -0.3 is 4.74 Å². The van der Waals surface area contributed by atoms with Crippen molar-refractivity contribution in [2.24, 2.45) is 0 Å². The van der Waals surface area contributed by atoms with Crippen LogP contribution in [0.1, 0.15) is 24.2 Å². The first-order chi connectivity index (χ1) is 5.77. The largest absolute Gasteiger partial charge is 0.457 e. The number of carbonyl (C=O) groups is 1. The number of benzene rings is 1. The van der Waals surface area contributed by atoms with Crippen molar-refractivity contribution in [2.45, 2.75) is 19.4 Å². The minimum absolute atomic E-state index is 0.0127. The van der Waals surface area contributed by atoms with Crippen LogP contribution in [0.25, 0.3) is 0 Å². The van der Waals surface area contributed by atoms with Crippen LogP contribution in [0.3, 0.4) is 0 Å². The fourth-order valence-electron chi connectivity index (χ4n) is 1.52. The van der Waals surface area contributed by atoms with Gasteiger partial charge in [0.15, 0.2) is 0 Å². The third-order valence-electron chi connectivity index (χ3n) is 2.12. The van der Waals surface area contributed by atoms with Gasteiger partial charge >= 0.3 is 5.97 Å². The van der Waals surface area contributed by atoms with Crippen molar-refractivity contribution >= 4 is 5.97 Å². The first kappa shape index (κ1) is 7.35. The lowest BCUT2D eigenvalue weighted by atomic mass is 9.85. The van der Waals surface area contributed by atoms with Crippen molar-refractivity contribution in [2.75, 3.05) is 0 Å². The summed E-state index contributed by atoms with van der Waals surface area (Å²) in [6.07, 6.45) is 0.883. The van der Waals surface area contributed by atoms with E-state index in [9.17, 15) is 4.79 Å². The van der Waals surface area contributed by atoms with E-state index in [2.05, 4.69) is 6.07 Å². The molecule has 0 aliphatic heterocycles. The molecule has 12 heavy (non-hydrogen) atoms. The van der Waals surface area contributed by atoms with Crippen LogP contribution in [-0.2, 0) is 16.0 Å². The minimum atomic E-state index is -0.200. The van der Waals surface area contributed by atoms with Gasteiger partial charge in [-0.3, -0.25) is 4.79 Å². The molecule has 1 aromatic carbocycles. The van der Waals surface area contributed by atoms with E-state index in [4.69, 9.17) is 4.74 Å². The minimum Gasteiger partial charge on any atom is -0.457 e. The molecular weight excluding hydrogens is 152 g/mol. The van der Waals surface area contributed by atoms with Gasteiger partial charge in [-0.15, -0.1) is 0 Å². The van der Waals surface area contributed by atoms with E-state index in [1.807, 2.05) is 18.2 Å². The summed E-state index contributed by atoms with van der Waals surface area (Å²) in [5.41, 5.74) is 2.46. The van der Waals surface area contributed by atoms with Gasteiger partial charge in [-0.25, -0.2) is 0 Å². The Kier molecular flexibility index (Phi) is 1.61. The van der Waals surface area contributed by atoms with E-state index in [-0.39, 0.29) is 12.1 Å². The second kappa shape index (κ2) is 2.63. The summed E-state index contributed by atoms with van der Waals surface area (Å²) in [6, 6.07) is 8.04. The molecule has 0 radical (unpaired) electrons. The Morgan fingerprint density at radius 2 is 2.25 bits per heavy atom. The lowest BCUT2D eigenvalue weighted by molar-refractivity contribution is -0.147. The summed E-state index contributed by atoms with van der Waals surface area (Å²) < 4.78 is 5.07. The van der Waals surface area contributed by atoms with Gasteiger partial charge in [-0.05, 0) is 11.1 Å². The Bertz CT molecular complexity index is 317. The average Bonchev–Trinajstić information content (AvgIpc) is 2.00. The molecule has 1 aromatic rings. The number of hydrogen-bond donors (Lipinski definition) is 0. The molecule has 0 amide bonds. The van der Waals surface area contributed by atoms with Crippen LogP contribution >= 0.6 is 0 Å². The molecule has 0 aromatic heterocycles. The monoisotopic (exact) mass is 162 g/mol. The van der Waals surface area contributed by atoms with Crippen LogP contribution in [0.5, 0.6) is 0 Å². The number of hydrogen-bond acceptors (Lipinski definition) is 2. The molecule has 0 heterocycles. The van der Waals surface area contributed by atoms with Crippen molar-refractivity contribution in [3.63, 3.8) is 0 Å². The van der Waals surface area contributed by atoms with Crippen LogP contribution < -0.4 is 0 Å². The van der Waals surface area contributed by atoms with Crippen molar-refractivity contribution in [1.29, 1.82) is 0 Å². The van der Waals surface area contributed by atoms with Gasteiger partial charge in [0.2, 0.25) is 0 Å². The van der Waals surface area contributed by atoms with E-state index in [0.717, 1.165) is 12.0 Å². The van der Waals surface area contributed by atoms with Crippen LogP contribution in [0, 0.1) is 0 Å². The van der Waals surface area contributed by atoms with Crippen molar-refractivity contribution in [3.05, 3.63) is 35.4 Å². The van der Waals surface area contributed by atoms with Crippen molar-refractivity contribution in [1.82, 2.24) is 0 Å². The highest BCUT2D eigenvalue weighted by atomic mass is 16.5. The van der Waals surface area contributed by atoms with Crippen LogP contribution in [-0.4, -0.2) is 5.97 Å². The van der Waals surface area contributed by atoms with Gasteiger partial charge in [-0.2, -0.15) is 0 Å². The first-order valence-electron chi connectivity index (χ1n) is 4.02. The van der Waals surface area contributed by atoms with Crippen molar-refractivity contribution in [3.8, 4) is 0 Å². The van der Waals surface area contributed by atoms with Crippen molar-refractivity contribution < 1.29 is 9.53 Å². The van der Waals surface area contributed by atoms with E-state index < -0.39 is 0 Å². The summed E-state index contributed by atoms with van der Waals surface area (Å²) >= 11 is 0. The molecule has 1 aliphatic rings. The predicted molar refractivity (Wildman–Crippen MR) is 44.7 cm³/mol. The van der Waals surface area contributed by atoms with Gasteiger partial charge in [0.1, 0.15) is 6.10 Å². The summed E-state index contributed by atoms with van der Waals surface area (Å²) in [5.74, 6) is -0.200. The maximum absolute atomic E-state index is 10.6. The molecule has 0 saturated heterocycles. The average molecular weight is 162 g/mol. The quantitative estimate of drug-likeness (QED) is 0.589. The third kappa shape index (κ3) is 1.09. The Morgan fingerprint density at radius 3 is 2.92 bits per heavy atom. The van der Waals surface area contributed by atoms with Crippen LogP contribution in [0.15, 0.2) is 24.3 Å². The summed E-state index contributed by atoms with van der Waals surface area (Å²) in [6.45, 7) is 1.45. The highest BCUT2D eigenvalue weighted by Gasteiger charge is 2.27. The Hall–Kier alpha value is -1.31. The number of fused-ring (bicyclic) bond motifs is 1. The molecule has 0 saturated carbocycles. The molecule has 2 rings (SSSR count). The predicted octanol–water partition coefficient (Wildman–Crippen LogP) is 1.85. The topological polar surface area (TPSA) is 26.3 Å². The fourth-order valence-corrected chi connectivity index (χ4v) is 1.52. The molecule has 0 fully saturated rings. The van der Waals surface area contributed by atoms with E-state index in [1.165, 1.54) is 12.5 Å². The lowest BCUT2D eigenvalue weighted by Crippen LogP contribution is -2.21. The molecule has 1 atom stereocenters. The van der Waals surface area contributed by atoms with Gasteiger partial charge in [-0.1, -0.05) is 24.3 Å².